The van der Waals surface area contributed by atoms with Crippen LogP contribution in [0.15, 0.2) is 12.7 Å². The number of aliphatic hydroxyl groups is 2. The third kappa shape index (κ3) is 3.79. The number of imidazole rings is 1. The fourth-order valence-electron chi connectivity index (χ4n) is 3.06. The minimum atomic E-state index is -0.996. The minimum Gasteiger partial charge on any atom is -0.394 e. The molecule has 2 aromatic rings. The van der Waals surface area contributed by atoms with Crippen LogP contribution in [0.25, 0.3) is 11.2 Å². The Morgan fingerprint density at radius 3 is 2.92 bits per heavy atom. The number of ether oxygens (including phenoxy) is 1. The lowest BCUT2D eigenvalue weighted by Gasteiger charge is -2.22. The SMILES string of the molecule is CCCCCCNOC1C(O)[C@@H](CO)O[C@H]1n1cnc2c(N)ncnc21. The summed E-state index contributed by atoms with van der Waals surface area (Å²) in [7, 11) is 0. The van der Waals surface area contributed by atoms with Gasteiger partial charge >= 0.3 is 0 Å². The first kappa shape index (κ1) is 18.9. The van der Waals surface area contributed by atoms with Crippen molar-refractivity contribution in [1.82, 2.24) is 25.0 Å². The van der Waals surface area contributed by atoms with Crippen LogP contribution in [0.5, 0.6) is 0 Å². The van der Waals surface area contributed by atoms with Crippen LogP contribution in [0.2, 0.25) is 0 Å². The van der Waals surface area contributed by atoms with Gasteiger partial charge in [-0.3, -0.25) is 9.40 Å². The highest BCUT2D eigenvalue weighted by atomic mass is 16.7. The molecule has 4 atom stereocenters. The second-order valence-corrected chi connectivity index (χ2v) is 6.36. The number of nitrogen functional groups attached to an aromatic ring is 1. The number of rotatable bonds is 9. The first-order valence-electron chi connectivity index (χ1n) is 8.93. The number of nitrogens with one attached hydrogen (secondary N) is 1. The van der Waals surface area contributed by atoms with Gasteiger partial charge in [-0.25, -0.2) is 20.4 Å². The predicted octanol–water partition coefficient (Wildman–Crippen LogP) is 0.129. The van der Waals surface area contributed by atoms with Crippen molar-refractivity contribution in [2.45, 2.75) is 57.1 Å². The van der Waals surface area contributed by atoms with Gasteiger partial charge in [0, 0.05) is 6.54 Å². The Balaban J connectivity index is 1.73. The molecule has 5 N–H and O–H groups in total. The number of nitrogens with two attached hydrogens (primary N) is 1. The van der Waals surface area contributed by atoms with Gasteiger partial charge in [-0.05, 0) is 6.42 Å². The van der Waals surface area contributed by atoms with Crippen LogP contribution in [0.4, 0.5) is 5.82 Å². The summed E-state index contributed by atoms with van der Waals surface area (Å²) in [5.41, 5.74) is 9.65. The molecular formula is C16H26N6O4. The van der Waals surface area contributed by atoms with E-state index in [1.54, 1.807) is 4.57 Å². The Kier molecular flexibility index (Phi) is 6.33. The molecule has 2 aromatic heterocycles. The zero-order chi connectivity index (χ0) is 18.5. The van der Waals surface area contributed by atoms with E-state index in [1.165, 1.54) is 19.1 Å². The summed E-state index contributed by atoms with van der Waals surface area (Å²) in [6.45, 7) is 2.50. The van der Waals surface area contributed by atoms with Crippen LogP contribution >= 0.6 is 0 Å². The molecule has 0 spiro atoms. The molecule has 0 radical (unpaired) electrons. The second-order valence-electron chi connectivity index (χ2n) is 6.36. The molecule has 0 aliphatic carbocycles. The van der Waals surface area contributed by atoms with Gasteiger partial charge in [0.15, 0.2) is 23.8 Å². The third-order valence-electron chi connectivity index (χ3n) is 4.51. The van der Waals surface area contributed by atoms with Crippen molar-refractivity contribution in [2.24, 2.45) is 0 Å². The van der Waals surface area contributed by atoms with Gasteiger partial charge < -0.3 is 20.7 Å². The minimum absolute atomic E-state index is 0.262. The summed E-state index contributed by atoms with van der Waals surface area (Å²) in [6.07, 6.45) is 4.09. The highest BCUT2D eigenvalue weighted by Gasteiger charge is 2.46. The number of hydrogen-bond acceptors (Lipinski definition) is 9. The standard InChI is InChI=1S/C16H26N6O4/c1-2-3-4-5-6-21-26-13-12(24)10(7-23)25-16(13)22-9-20-11-14(17)18-8-19-15(11)22/h8-10,12-13,16,21,23-24H,2-7H2,1H3,(H2,17,18,19)/t10-,12?,13?,16-/m1/s1. The molecule has 0 saturated carbocycles. The maximum absolute atomic E-state index is 10.4. The van der Waals surface area contributed by atoms with E-state index in [1.807, 2.05) is 0 Å². The average Bonchev–Trinajstić information content (AvgIpc) is 3.20. The molecule has 0 aromatic carbocycles. The summed E-state index contributed by atoms with van der Waals surface area (Å²) < 4.78 is 7.41. The summed E-state index contributed by atoms with van der Waals surface area (Å²) in [4.78, 5) is 18.0. The smallest absolute Gasteiger partial charge is 0.168 e. The number of nitrogens with zero attached hydrogens (tertiary/aromatic N) is 4. The molecule has 0 amide bonds. The summed E-state index contributed by atoms with van der Waals surface area (Å²) in [5.74, 6) is 0.262. The van der Waals surface area contributed by atoms with Crippen molar-refractivity contribution in [3.05, 3.63) is 12.7 Å². The van der Waals surface area contributed by atoms with E-state index in [4.69, 9.17) is 15.3 Å². The van der Waals surface area contributed by atoms with Gasteiger partial charge in [0.05, 0.1) is 12.9 Å². The normalized spacial score (nSPS) is 26.0. The van der Waals surface area contributed by atoms with Crippen LogP contribution in [-0.2, 0) is 9.57 Å². The lowest BCUT2D eigenvalue weighted by Crippen LogP contribution is -2.39. The van der Waals surface area contributed by atoms with Crippen LogP contribution in [0, 0.1) is 0 Å². The van der Waals surface area contributed by atoms with E-state index in [0.717, 1.165) is 19.3 Å². The third-order valence-corrected chi connectivity index (χ3v) is 4.51. The molecule has 1 fully saturated rings. The molecule has 1 aliphatic rings. The highest BCUT2D eigenvalue weighted by molar-refractivity contribution is 5.81. The summed E-state index contributed by atoms with van der Waals surface area (Å²) in [5, 5.41) is 19.9. The van der Waals surface area contributed by atoms with Gasteiger partial charge in [-0.15, -0.1) is 0 Å². The molecule has 26 heavy (non-hydrogen) atoms. The number of fused-ring (bicyclic) bond motifs is 1. The van der Waals surface area contributed by atoms with Crippen LogP contribution in [-0.4, -0.2) is 61.2 Å². The predicted molar refractivity (Wildman–Crippen MR) is 93.8 cm³/mol. The maximum Gasteiger partial charge on any atom is 0.168 e. The molecule has 0 bridgehead atoms. The molecule has 2 unspecified atom stereocenters. The van der Waals surface area contributed by atoms with Gasteiger partial charge in [-0.2, -0.15) is 0 Å². The van der Waals surface area contributed by atoms with Crippen molar-refractivity contribution < 1.29 is 19.8 Å². The monoisotopic (exact) mass is 366 g/mol. The number of hydrogen-bond donors (Lipinski definition) is 4. The van der Waals surface area contributed by atoms with E-state index in [2.05, 4.69) is 27.4 Å². The fourth-order valence-corrected chi connectivity index (χ4v) is 3.06. The lowest BCUT2D eigenvalue weighted by molar-refractivity contribution is -0.109. The van der Waals surface area contributed by atoms with Crippen molar-refractivity contribution >= 4 is 17.0 Å². The van der Waals surface area contributed by atoms with Gasteiger partial charge in [0.25, 0.3) is 0 Å². The van der Waals surface area contributed by atoms with E-state index in [0.29, 0.717) is 17.7 Å². The van der Waals surface area contributed by atoms with Gasteiger partial charge in [0.2, 0.25) is 0 Å². The summed E-state index contributed by atoms with van der Waals surface area (Å²) >= 11 is 0. The number of hydroxylamine groups is 1. The topological polar surface area (TPSA) is 141 Å². The van der Waals surface area contributed by atoms with Crippen molar-refractivity contribution in [2.75, 3.05) is 18.9 Å². The Bertz CT molecular complexity index is 711. The van der Waals surface area contributed by atoms with Crippen molar-refractivity contribution in [1.29, 1.82) is 0 Å². The van der Waals surface area contributed by atoms with E-state index >= 15 is 0 Å². The molecule has 144 valence electrons. The molecular weight excluding hydrogens is 340 g/mol. The number of unbranched alkanes of at least 4 members (excludes halogenated alkanes) is 3. The lowest BCUT2D eigenvalue weighted by atomic mass is 10.1. The van der Waals surface area contributed by atoms with E-state index in [-0.39, 0.29) is 12.4 Å². The number of anilines is 1. The fraction of sp³-hybridized carbons (Fsp3) is 0.688. The van der Waals surface area contributed by atoms with Crippen LogP contribution in [0.3, 0.4) is 0 Å². The summed E-state index contributed by atoms with van der Waals surface area (Å²) in [6, 6.07) is 0. The van der Waals surface area contributed by atoms with E-state index in [9.17, 15) is 10.2 Å². The first-order chi connectivity index (χ1) is 12.7. The largest absolute Gasteiger partial charge is 0.394 e. The van der Waals surface area contributed by atoms with Crippen molar-refractivity contribution in [3.8, 4) is 0 Å². The number of aliphatic hydroxyl groups excluding tert-OH is 2. The zero-order valence-corrected chi connectivity index (χ0v) is 14.8. The van der Waals surface area contributed by atoms with Crippen LogP contribution in [0.1, 0.15) is 38.8 Å². The first-order valence-corrected chi connectivity index (χ1v) is 8.93. The Labute approximate surface area is 151 Å². The highest BCUT2D eigenvalue weighted by Crippen LogP contribution is 2.33. The molecule has 10 heteroatoms. The number of aromatic nitrogens is 4. The Morgan fingerprint density at radius 1 is 1.31 bits per heavy atom. The quantitative estimate of drug-likeness (QED) is 0.360. The zero-order valence-electron chi connectivity index (χ0n) is 14.8. The molecule has 1 aliphatic heterocycles. The molecule has 10 nitrogen and oxygen atoms in total. The molecule has 1 saturated heterocycles. The second kappa shape index (κ2) is 8.69. The van der Waals surface area contributed by atoms with Crippen molar-refractivity contribution in [3.63, 3.8) is 0 Å². The molecule has 3 heterocycles. The molecule has 3 rings (SSSR count). The Hall–Kier alpha value is -1.85. The van der Waals surface area contributed by atoms with Gasteiger partial charge in [-0.1, -0.05) is 26.2 Å². The van der Waals surface area contributed by atoms with Crippen LogP contribution < -0.4 is 11.2 Å². The van der Waals surface area contributed by atoms with E-state index < -0.39 is 24.5 Å². The average molecular weight is 366 g/mol. The Morgan fingerprint density at radius 2 is 2.15 bits per heavy atom. The maximum atomic E-state index is 10.4. The van der Waals surface area contributed by atoms with Gasteiger partial charge in [0.1, 0.15) is 24.1 Å².